The SMILES string of the molecule is CCNC(=O)c1cc(-c2nc(-n3nc(C)c(-c4cccc(F)c4)c3C(=O)O)sc2SC(C)C)ccc1Cl. The van der Waals surface area contributed by atoms with E-state index in [2.05, 4.69) is 10.4 Å². The molecule has 0 fully saturated rings. The molecule has 11 heteroatoms. The minimum Gasteiger partial charge on any atom is -0.476 e. The van der Waals surface area contributed by atoms with E-state index in [1.807, 2.05) is 20.8 Å². The molecule has 2 heterocycles. The second-order valence-electron chi connectivity index (χ2n) is 8.39. The summed E-state index contributed by atoms with van der Waals surface area (Å²) in [5.41, 5.74) is 2.66. The molecular formula is C26H24ClFN4O3S2. The number of carbonyl (C=O) groups excluding carboxylic acids is 1. The summed E-state index contributed by atoms with van der Waals surface area (Å²) in [6, 6.07) is 10.9. The van der Waals surface area contributed by atoms with Crippen molar-refractivity contribution in [1.29, 1.82) is 0 Å². The van der Waals surface area contributed by atoms with Crippen molar-refractivity contribution in [3.05, 3.63) is 70.3 Å². The average molecular weight is 559 g/mol. The zero-order valence-corrected chi connectivity index (χ0v) is 22.9. The van der Waals surface area contributed by atoms with E-state index in [-0.39, 0.29) is 16.9 Å². The summed E-state index contributed by atoms with van der Waals surface area (Å²) in [5, 5.41) is 18.2. The van der Waals surface area contributed by atoms with Gasteiger partial charge in [-0.25, -0.2) is 14.2 Å². The first-order valence-electron chi connectivity index (χ1n) is 11.5. The lowest BCUT2D eigenvalue weighted by molar-refractivity contribution is 0.0687. The first-order chi connectivity index (χ1) is 17.6. The summed E-state index contributed by atoms with van der Waals surface area (Å²) in [4.78, 5) is 29.7. The number of rotatable bonds is 8. The normalized spacial score (nSPS) is 11.2. The molecule has 2 aromatic carbocycles. The van der Waals surface area contributed by atoms with E-state index in [1.165, 1.54) is 34.2 Å². The number of hydrogen-bond donors (Lipinski definition) is 2. The average Bonchev–Trinajstić information content (AvgIpc) is 3.40. The van der Waals surface area contributed by atoms with Gasteiger partial charge in [-0.2, -0.15) is 9.78 Å². The van der Waals surface area contributed by atoms with E-state index in [9.17, 15) is 19.1 Å². The molecule has 192 valence electrons. The molecular weight excluding hydrogens is 535 g/mol. The second-order valence-corrected chi connectivity index (χ2v) is 11.6. The van der Waals surface area contributed by atoms with Crippen LogP contribution in [0.5, 0.6) is 0 Å². The Bertz CT molecular complexity index is 1500. The van der Waals surface area contributed by atoms with Crippen molar-refractivity contribution < 1.29 is 19.1 Å². The number of aryl methyl sites for hydroxylation is 1. The number of benzene rings is 2. The van der Waals surface area contributed by atoms with Gasteiger partial charge in [-0.1, -0.05) is 55.0 Å². The fraction of sp³-hybridized carbons (Fsp3) is 0.231. The van der Waals surface area contributed by atoms with Crippen molar-refractivity contribution in [2.75, 3.05) is 6.54 Å². The van der Waals surface area contributed by atoms with Crippen LogP contribution in [0.25, 0.3) is 27.5 Å². The molecule has 2 N–H and O–H groups in total. The third-order valence-electron chi connectivity index (χ3n) is 5.31. The Balaban J connectivity index is 1.90. The first-order valence-corrected chi connectivity index (χ1v) is 13.5. The number of thiazole rings is 1. The monoisotopic (exact) mass is 558 g/mol. The largest absolute Gasteiger partial charge is 0.476 e. The Labute approximate surface area is 226 Å². The molecule has 0 unspecified atom stereocenters. The fourth-order valence-electron chi connectivity index (χ4n) is 3.82. The number of amides is 1. The third kappa shape index (κ3) is 5.56. The number of carboxylic acids is 1. The zero-order chi connectivity index (χ0) is 26.9. The van der Waals surface area contributed by atoms with Crippen LogP contribution in [0.3, 0.4) is 0 Å². The molecule has 4 aromatic rings. The maximum atomic E-state index is 14.0. The zero-order valence-electron chi connectivity index (χ0n) is 20.5. The molecule has 0 radical (unpaired) electrons. The van der Waals surface area contributed by atoms with Crippen LogP contribution in [0.2, 0.25) is 5.02 Å². The van der Waals surface area contributed by atoms with Gasteiger partial charge in [0.2, 0.25) is 5.13 Å². The second kappa shape index (κ2) is 11.0. The van der Waals surface area contributed by atoms with Crippen molar-refractivity contribution in [2.45, 2.75) is 37.2 Å². The number of carbonyl (C=O) groups is 2. The van der Waals surface area contributed by atoms with Gasteiger partial charge in [-0.3, -0.25) is 4.79 Å². The lowest BCUT2D eigenvalue weighted by atomic mass is 10.0. The van der Waals surface area contributed by atoms with Crippen molar-refractivity contribution in [2.24, 2.45) is 0 Å². The van der Waals surface area contributed by atoms with Gasteiger partial charge in [-0.15, -0.1) is 11.8 Å². The van der Waals surface area contributed by atoms with E-state index in [4.69, 9.17) is 16.6 Å². The molecule has 0 atom stereocenters. The lowest BCUT2D eigenvalue weighted by Gasteiger charge is -2.08. The minimum absolute atomic E-state index is 0.108. The molecule has 2 aromatic heterocycles. The quantitative estimate of drug-likeness (QED) is 0.233. The molecule has 4 rings (SSSR count). The smallest absolute Gasteiger partial charge is 0.355 e. The molecule has 0 aliphatic heterocycles. The molecule has 0 spiro atoms. The van der Waals surface area contributed by atoms with Gasteiger partial charge in [0.15, 0.2) is 5.69 Å². The van der Waals surface area contributed by atoms with E-state index < -0.39 is 11.8 Å². The van der Waals surface area contributed by atoms with Crippen LogP contribution in [0.1, 0.15) is 47.3 Å². The topological polar surface area (TPSA) is 97.1 Å². The number of halogens is 2. The number of hydrogen-bond acceptors (Lipinski definition) is 6. The number of aromatic carboxylic acids is 1. The Hall–Kier alpha value is -3.21. The molecule has 0 saturated heterocycles. The molecule has 1 amide bonds. The predicted octanol–water partition coefficient (Wildman–Crippen LogP) is 6.71. The van der Waals surface area contributed by atoms with E-state index in [1.54, 1.807) is 43.0 Å². The third-order valence-corrected chi connectivity index (χ3v) is 7.88. The van der Waals surface area contributed by atoms with Crippen LogP contribution in [-0.2, 0) is 0 Å². The highest BCUT2D eigenvalue weighted by Gasteiger charge is 2.27. The number of thioether (sulfide) groups is 1. The molecule has 7 nitrogen and oxygen atoms in total. The predicted molar refractivity (Wildman–Crippen MR) is 146 cm³/mol. The summed E-state index contributed by atoms with van der Waals surface area (Å²) in [6.07, 6.45) is 0. The number of nitrogens with zero attached hydrogens (tertiary/aromatic N) is 3. The number of aromatic nitrogens is 3. The van der Waals surface area contributed by atoms with E-state index >= 15 is 0 Å². The van der Waals surface area contributed by atoms with Crippen LogP contribution < -0.4 is 5.32 Å². The summed E-state index contributed by atoms with van der Waals surface area (Å²) < 4.78 is 16.1. The van der Waals surface area contributed by atoms with Gasteiger partial charge in [0, 0.05) is 22.9 Å². The lowest BCUT2D eigenvalue weighted by Crippen LogP contribution is -2.23. The van der Waals surface area contributed by atoms with Gasteiger partial charge in [0.05, 0.1) is 26.2 Å². The minimum atomic E-state index is -1.21. The van der Waals surface area contributed by atoms with Gasteiger partial charge in [0.25, 0.3) is 5.91 Å². The highest BCUT2D eigenvalue weighted by Crippen LogP contribution is 2.41. The Morgan fingerprint density at radius 1 is 1.22 bits per heavy atom. The summed E-state index contributed by atoms with van der Waals surface area (Å²) in [5.74, 6) is -1.98. The van der Waals surface area contributed by atoms with Crippen LogP contribution in [0, 0.1) is 12.7 Å². The highest BCUT2D eigenvalue weighted by molar-refractivity contribution is 8.01. The van der Waals surface area contributed by atoms with E-state index in [0.29, 0.717) is 50.3 Å². The Morgan fingerprint density at radius 3 is 2.62 bits per heavy atom. The van der Waals surface area contributed by atoms with Gasteiger partial charge < -0.3 is 10.4 Å². The maximum absolute atomic E-state index is 14.0. The van der Waals surface area contributed by atoms with Crippen molar-refractivity contribution in [1.82, 2.24) is 20.1 Å². The molecule has 0 aliphatic rings. The summed E-state index contributed by atoms with van der Waals surface area (Å²) in [7, 11) is 0. The van der Waals surface area contributed by atoms with Gasteiger partial charge in [-0.05, 0) is 43.7 Å². The summed E-state index contributed by atoms with van der Waals surface area (Å²) >= 11 is 9.16. The van der Waals surface area contributed by atoms with Crippen LogP contribution in [0.4, 0.5) is 4.39 Å². The van der Waals surface area contributed by atoms with Crippen molar-refractivity contribution in [3.8, 4) is 27.5 Å². The van der Waals surface area contributed by atoms with Gasteiger partial charge in [0.1, 0.15) is 5.82 Å². The van der Waals surface area contributed by atoms with Crippen LogP contribution in [-0.4, -0.2) is 43.5 Å². The molecule has 37 heavy (non-hydrogen) atoms. The fourth-order valence-corrected chi connectivity index (χ4v) is 6.50. The standard InChI is InChI=1S/C26H24ClFN4O3S2/c1-5-29-23(33)18-12-16(9-10-19(18)27)21-25(36-13(2)3)37-26(30-21)32-22(24(34)35)20(14(4)31-32)15-7-6-8-17(28)11-15/h6-13H,5H2,1-4H3,(H,29,33)(H,34,35). The first kappa shape index (κ1) is 26.8. The Kier molecular flexibility index (Phi) is 8.01. The molecule has 0 bridgehead atoms. The van der Waals surface area contributed by atoms with Crippen LogP contribution in [0.15, 0.2) is 46.7 Å². The Morgan fingerprint density at radius 2 is 1.97 bits per heavy atom. The van der Waals surface area contributed by atoms with E-state index in [0.717, 1.165) is 4.21 Å². The van der Waals surface area contributed by atoms with Crippen molar-refractivity contribution >= 4 is 46.6 Å². The van der Waals surface area contributed by atoms with Crippen molar-refractivity contribution in [3.63, 3.8) is 0 Å². The highest BCUT2D eigenvalue weighted by atomic mass is 35.5. The number of carboxylic acid groups (broad SMARTS) is 1. The summed E-state index contributed by atoms with van der Waals surface area (Å²) in [6.45, 7) is 8.04. The van der Waals surface area contributed by atoms with Crippen LogP contribution >= 0.6 is 34.7 Å². The molecule has 0 aliphatic carbocycles. The maximum Gasteiger partial charge on any atom is 0.355 e. The van der Waals surface area contributed by atoms with Gasteiger partial charge >= 0.3 is 5.97 Å². The number of nitrogens with one attached hydrogen (secondary N) is 1. The molecule has 0 saturated carbocycles.